The molecule has 0 aromatic heterocycles. The Morgan fingerprint density at radius 3 is 1.68 bits per heavy atom. The average molecular weight is 698 g/mol. The van der Waals surface area contributed by atoms with Gasteiger partial charge in [0.2, 0.25) is 0 Å². The topological polar surface area (TPSA) is 0 Å². The van der Waals surface area contributed by atoms with Crippen LogP contribution in [0.3, 0.4) is 0 Å². The number of fused-ring (bicyclic) bond motifs is 2. The Bertz CT molecular complexity index is 1940. The van der Waals surface area contributed by atoms with E-state index in [-0.39, 0.29) is 35.6 Å². The van der Waals surface area contributed by atoms with Crippen LogP contribution in [0.15, 0.2) is 91.0 Å². The van der Waals surface area contributed by atoms with Gasteiger partial charge in [-0.3, -0.25) is 0 Å². The third-order valence-electron chi connectivity index (χ3n) is 8.96. The fourth-order valence-corrected chi connectivity index (χ4v) is 13.7. The van der Waals surface area contributed by atoms with E-state index in [0.717, 1.165) is 6.42 Å². The first-order valence-electron chi connectivity index (χ1n) is 15.3. The van der Waals surface area contributed by atoms with E-state index in [1.54, 1.807) is 3.28 Å². The van der Waals surface area contributed by atoms with Crippen molar-refractivity contribution in [3.8, 4) is 0 Å². The van der Waals surface area contributed by atoms with E-state index in [9.17, 15) is 0 Å². The van der Waals surface area contributed by atoms with E-state index >= 15 is 0 Å². The molecule has 2 aliphatic rings. The third kappa shape index (κ3) is 6.18. The molecule has 0 saturated heterocycles. The van der Waals surface area contributed by atoms with E-state index in [1.807, 2.05) is 0 Å². The minimum absolute atomic E-state index is 0. The van der Waals surface area contributed by atoms with Gasteiger partial charge in [0.05, 0.1) is 0 Å². The summed E-state index contributed by atoms with van der Waals surface area (Å²) in [5, 5.41) is 5.45. The number of benzene rings is 4. The molecule has 0 bridgehead atoms. The molecular formula is C41H43Cl2Zr. The summed E-state index contributed by atoms with van der Waals surface area (Å²) in [7, 11) is 0. The SMILES string of the molecule is C=c1c(C(C)(C)C)cc2c(c1C1=CC=CC1)[C]([Zr+2]([c]1ccc(C)cc1)[c]1ccc(C)cc1)=c1ccc(C(C)(C)C)cc1=2.[Cl-].[Cl-]. The summed E-state index contributed by atoms with van der Waals surface area (Å²) in [6.07, 6.45) is 7.82. The molecule has 0 spiro atoms. The van der Waals surface area contributed by atoms with E-state index in [2.05, 4.69) is 146 Å². The Hall–Kier alpha value is -2.44. The van der Waals surface area contributed by atoms with Gasteiger partial charge in [0, 0.05) is 0 Å². The van der Waals surface area contributed by atoms with Crippen molar-refractivity contribution in [1.82, 2.24) is 0 Å². The van der Waals surface area contributed by atoms with Gasteiger partial charge in [0.1, 0.15) is 0 Å². The van der Waals surface area contributed by atoms with Crippen LogP contribution < -0.4 is 41.8 Å². The van der Waals surface area contributed by atoms with Crippen LogP contribution in [0.1, 0.15) is 81.3 Å². The van der Waals surface area contributed by atoms with Crippen LogP contribution in [0.2, 0.25) is 0 Å². The minimum atomic E-state index is -2.71. The molecule has 0 nitrogen and oxygen atoms in total. The number of rotatable bonds is 4. The van der Waals surface area contributed by atoms with Crippen LogP contribution >= 0.6 is 0 Å². The summed E-state index contributed by atoms with van der Waals surface area (Å²) < 4.78 is 4.65. The van der Waals surface area contributed by atoms with Crippen LogP contribution in [-0.2, 0) is 32.6 Å². The first-order valence-corrected chi connectivity index (χ1v) is 19.0. The van der Waals surface area contributed by atoms with Gasteiger partial charge >= 0.3 is 262 Å². The summed E-state index contributed by atoms with van der Waals surface area (Å²) >= 11 is -2.71. The molecule has 0 atom stereocenters. The van der Waals surface area contributed by atoms with Crippen LogP contribution in [0.4, 0.5) is 0 Å². The molecule has 0 amide bonds. The maximum atomic E-state index is 4.83. The van der Waals surface area contributed by atoms with Crippen molar-refractivity contribution in [2.75, 3.05) is 0 Å². The molecule has 0 aliphatic heterocycles. The minimum Gasteiger partial charge on any atom is -1.00 e. The number of allylic oxidation sites excluding steroid dienone is 4. The van der Waals surface area contributed by atoms with Gasteiger partial charge < -0.3 is 24.8 Å². The van der Waals surface area contributed by atoms with Crippen molar-refractivity contribution in [3.63, 3.8) is 0 Å². The molecule has 6 rings (SSSR count). The second-order valence-electron chi connectivity index (χ2n) is 14.3. The van der Waals surface area contributed by atoms with E-state index < -0.39 is 21.8 Å². The molecule has 4 aromatic carbocycles. The fraction of sp³-hybridized carbons (Fsp3) is 0.268. The average Bonchev–Trinajstić information content (AvgIpc) is 3.56. The molecule has 3 heteroatoms. The first-order chi connectivity index (χ1) is 19.8. The molecule has 0 N–H and O–H groups in total. The zero-order chi connectivity index (χ0) is 30.0. The Morgan fingerprint density at radius 1 is 0.636 bits per heavy atom. The summed E-state index contributed by atoms with van der Waals surface area (Å²) in [6, 6.07) is 28.8. The van der Waals surface area contributed by atoms with Crippen molar-refractivity contribution >= 4 is 22.0 Å². The van der Waals surface area contributed by atoms with Crippen LogP contribution in [-0.4, -0.2) is 0 Å². The van der Waals surface area contributed by atoms with Crippen molar-refractivity contribution < 1.29 is 46.6 Å². The van der Waals surface area contributed by atoms with Crippen LogP contribution in [0.25, 0.3) is 15.4 Å². The number of aryl methyl sites for hydroxylation is 2. The smallest absolute Gasteiger partial charge is 1.00 e. The quantitative estimate of drug-likeness (QED) is 0.305. The summed E-state index contributed by atoms with van der Waals surface area (Å²) in [5.74, 6) is 0. The molecule has 225 valence electrons. The molecule has 4 aromatic rings. The Kier molecular flexibility index (Phi) is 9.98. The summed E-state index contributed by atoms with van der Waals surface area (Å²) in [5.41, 5.74) is 9.69. The van der Waals surface area contributed by atoms with Gasteiger partial charge in [-0.25, -0.2) is 0 Å². The van der Waals surface area contributed by atoms with Gasteiger partial charge in [0.15, 0.2) is 0 Å². The standard InChI is InChI=1S/C27H29.2C7H7.2ClH.Zr/c1-17-24(27(5,6)7)16-22-21-15-20(26(2,3)4)13-12-19(21)14-23(22)25(17)18-10-8-9-11-18;2*1-7-5-3-2-4-6-7;;;/h8-10,12-13,15-16H,1,11H2,2-7H3;2*3-6H,1H3;2*1H;/q;;;;;+2/p-2. The molecule has 0 unspecified atom stereocenters. The van der Waals surface area contributed by atoms with Crippen molar-refractivity contribution in [1.29, 1.82) is 0 Å². The van der Waals surface area contributed by atoms with E-state index in [4.69, 9.17) is 6.58 Å². The molecular weight excluding hydrogens is 655 g/mol. The summed E-state index contributed by atoms with van der Waals surface area (Å²) in [4.78, 5) is 0. The Morgan fingerprint density at radius 2 is 1.20 bits per heavy atom. The Labute approximate surface area is 284 Å². The molecule has 2 aliphatic carbocycles. The van der Waals surface area contributed by atoms with Crippen molar-refractivity contribution in [2.45, 2.75) is 72.6 Å². The van der Waals surface area contributed by atoms with Gasteiger partial charge in [-0.05, 0) is 0 Å². The van der Waals surface area contributed by atoms with E-state index in [0.29, 0.717) is 0 Å². The van der Waals surface area contributed by atoms with Gasteiger partial charge in [-0.1, -0.05) is 0 Å². The largest absolute Gasteiger partial charge is 1.00 e. The van der Waals surface area contributed by atoms with E-state index in [1.165, 1.54) is 66.4 Å². The van der Waals surface area contributed by atoms with Gasteiger partial charge in [-0.15, -0.1) is 0 Å². The second-order valence-corrected chi connectivity index (χ2v) is 20.2. The molecule has 0 fully saturated rings. The first kappa shape index (κ1) is 34.4. The predicted octanol–water partition coefficient (Wildman–Crippen LogP) is 1.69. The molecule has 0 radical (unpaired) electrons. The van der Waals surface area contributed by atoms with Gasteiger partial charge in [-0.2, -0.15) is 0 Å². The third-order valence-corrected chi connectivity index (χ3v) is 15.9. The molecule has 44 heavy (non-hydrogen) atoms. The molecule has 0 saturated carbocycles. The Balaban J connectivity index is 0.00000221. The van der Waals surface area contributed by atoms with Crippen LogP contribution in [0.5, 0.6) is 0 Å². The fourth-order valence-electron chi connectivity index (χ4n) is 6.59. The number of hydrogen-bond acceptors (Lipinski definition) is 0. The zero-order valence-corrected chi connectivity index (χ0v) is 31.3. The second kappa shape index (κ2) is 12.8. The number of hydrogen-bond donors (Lipinski definition) is 0. The number of halogens is 2. The normalized spacial score (nSPS) is 13.5. The molecule has 0 heterocycles. The predicted molar refractivity (Wildman–Crippen MR) is 179 cm³/mol. The van der Waals surface area contributed by atoms with Crippen molar-refractivity contribution in [3.05, 3.63) is 145 Å². The summed E-state index contributed by atoms with van der Waals surface area (Å²) in [6.45, 7) is 23.2. The monoisotopic (exact) mass is 695 g/mol. The maximum absolute atomic E-state index is 4.83. The van der Waals surface area contributed by atoms with Gasteiger partial charge in [0.25, 0.3) is 0 Å². The zero-order valence-electron chi connectivity index (χ0n) is 27.3. The van der Waals surface area contributed by atoms with Crippen molar-refractivity contribution in [2.24, 2.45) is 0 Å². The maximum Gasteiger partial charge on any atom is -1.00 e. The van der Waals surface area contributed by atoms with Crippen LogP contribution in [0, 0.1) is 24.3 Å².